The molecule has 0 radical (unpaired) electrons. The number of hydrogen-bond acceptors (Lipinski definition) is 2. The Morgan fingerprint density at radius 2 is 1.80 bits per heavy atom. The normalized spacial score (nSPS) is 12.4. The summed E-state index contributed by atoms with van der Waals surface area (Å²) in [6.07, 6.45) is 0. The molecule has 1 atom stereocenters. The summed E-state index contributed by atoms with van der Waals surface area (Å²) in [6.45, 7) is 11.4. The first-order valence-corrected chi connectivity index (χ1v) is 9.11. The van der Waals surface area contributed by atoms with Crippen molar-refractivity contribution in [3.63, 3.8) is 0 Å². The number of rotatable bonds is 5. The van der Waals surface area contributed by atoms with Crippen molar-refractivity contribution >= 4 is 23.0 Å². The van der Waals surface area contributed by atoms with E-state index in [4.69, 9.17) is 17.0 Å². The van der Waals surface area contributed by atoms with E-state index in [9.17, 15) is 0 Å². The molecule has 0 amide bonds. The summed E-state index contributed by atoms with van der Waals surface area (Å²) < 4.78 is 5.51. The van der Waals surface area contributed by atoms with E-state index >= 15 is 0 Å². The van der Waals surface area contributed by atoms with Gasteiger partial charge in [-0.05, 0) is 54.7 Å². The number of benzene rings is 2. The minimum absolute atomic E-state index is 0.129. The molecule has 25 heavy (non-hydrogen) atoms. The topological polar surface area (TPSA) is 33.3 Å². The standard InChI is InChI=1S/C21H28N2OS/c1-6-24-19-9-7-8-18(14-19)23-20(25)22-15(2)16-10-12-17(13-11-16)21(3,4)5/h7-15H,6H2,1-5H3,(H2,22,23,25). The summed E-state index contributed by atoms with van der Waals surface area (Å²) in [7, 11) is 0. The molecule has 0 aliphatic heterocycles. The number of nitrogens with one attached hydrogen (secondary N) is 2. The predicted octanol–water partition coefficient (Wildman–Crippen LogP) is 5.43. The Kier molecular flexibility index (Phi) is 6.43. The molecule has 0 aliphatic carbocycles. The Morgan fingerprint density at radius 1 is 1.12 bits per heavy atom. The zero-order valence-electron chi connectivity index (χ0n) is 15.7. The molecule has 2 aromatic carbocycles. The van der Waals surface area contributed by atoms with E-state index in [1.807, 2.05) is 31.2 Å². The Labute approximate surface area is 156 Å². The fourth-order valence-corrected chi connectivity index (χ4v) is 2.84. The first-order chi connectivity index (χ1) is 11.8. The van der Waals surface area contributed by atoms with Crippen LogP contribution < -0.4 is 15.4 Å². The molecule has 4 heteroatoms. The van der Waals surface area contributed by atoms with Crippen LogP contribution in [0.2, 0.25) is 0 Å². The third kappa shape index (κ3) is 5.75. The van der Waals surface area contributed by atoms with Gasteiger partial charge in [-0.3, -0.25) is 0 Å². The maximum Gasteiger partial charge on any atom is 0.171 e. The first-order valence-electron chi connectivity index (χ1n) is 8.70. The summed E-state index contributed by atoms with van der Waals surface area (Å²) >= 11 is 5.44. The summed E-state index contributed by atoms with van der Waals surface area (Å²) in [5, 5.41) is 7.15. The highest BCUT2D eigenvalue weighted by Crippen LogP contribution is 2.24. The van der Waals surface area contributed by atoms with Gasteiger partial charge >= 0.3 is 0 Å². The van der Waals surface area contributed by atoms with E-state index in [0.29, 0.717) is 11.7 Å². The quantitative estimate of drug-likeness (QED) is 0.700. The second-order valence-corrected chi connectivity index (χ2v) is 7.56. The lowest BCUT2D eigenvalue weighted by atomic mass is 9.86. The Hall–Kier alpha value is -2.07. The summed E-state index contributed by atoms with van der Waals surface area (Å²) in [4.78, 5) is 0. The fraction of sp³-hybridized carbons (Fsp3) is 0.381. The fourth-order valence-electron chi connectivity index (χ4n) is 2.55. The molecule has 1 unspecified atom stereocenters. The zero-order valence-corrected chi connectivity index (χ0v) is 16.5. The van der Waals surface area contributed by atoms with Gasteiger partial charge in [-0.2, -0.15) is 0 Å². The molecule has 0 aromatic heterocycles. The van der Waals surface area contributed by atoms with Gasteiger partial charge < -0.3 is 15.4 Å². The number of hydrogen-bond donors (Lipinski definition) is 2. The van der Waals surface area contributed by atoms with Gasteiger partial charge in [-0.1, -0.05) is 51.1 Å². The van der Waals surface area contributed by atoms with Crippen molar-refractivity contribution in [3.05, 3.63) is 59.7 Å². The van der Waals surface area contributed by atoms with Crippen LogP contribution in [-0.4, -0.2) is 11.7 Å². The molecule has 0 heterocycles. The van der Waals surface area contributed by atoms with Crippen molar-refractivity contribution in [1.29, 1.82) is 0 Å². The molecule has 0 saturated heterocycles. The van der Waals surface area contributed by atoms with Crippen LogP contribution in [0, 0.1) is 0 Å². The van der Waals surface area contributed by atoms with Crippen LogP contribution in [0.1, 0.15) is 51.8 Å². The maximum atomic E-state index is 5.51. The molecule has 3 nitrogen and oxygen atoms in total. The van der Waals surface area contributed by atoms with Crippen molar-refractivity contribution < 1.29 is 4.74 Å². The van der Waals surface area contributed by atoms with Crippen LogP contribution in [0.15, 0.2) is 48.5 Å². The third-order valence-electron chi connectivity index (χ3n) is 4.03. The minimum atomic E-state index is 0.129. The van der Waals surface area contributed by atoms with Gasteiger partial charge in [-0.25, -0.2) is 0 Å². The zero-order chi connectivity index (χ0) is 18.4. The van der Waals surface area contributed by atoms with Gasteiger partial charge in [0.05, 0.1) is 12.6 Å². The van der Waals surface area contributed by atoms with Gasteiger partial charge in [0.15, 0.2) is 5.11 Å². The van der Waals surface area contributed by atoms with Crippen molar-refractivity contribution in [3.8, 4) is 5.75 Å². The summed E-state index contributed by atoms with van der Waals surface area (Å²) in [5.74, 6) is 0.834. The molecular weight excluding hydrogens is 328 g/mol. The van der Waals surface area contributed by atoms with Gasteiger partial charge in [0.1, 0.15) is 5.75 Å². The number of thiocarbonyl (C=S) groups is 1. The van der Waals surface area contributed by atoms with Gasteiger partial charge in [0.2, 0.25) is 0 Å². The third-order valence-corrected chi connectivity index (χ3v) is 4.25. The Morgan fingerprint density at radius 3 is 2.40 bits per heavy atom. The highest BCUT2D eigenvalue weighted by Gasteiger charge is 2.14. The van der Waals surface area contributed by atoms with E-state index in [1.165, 1.54) is 11.1 Å². The van der Waals surface area contributed by atoms with Crippen molar-refractivity contribution in [2.75, 3.05) is 11.9 Å². The van der Waals surface area contributed by atoms with Gasteiger partial charge in [-0.15, -0.1) is 0 Å². The van der Waals surface area contributed by atoms with Crippen LogP contribution in [0.5, 0.6) is 5.75 Å². The molecule has 0 aliphatic rings. The molecule has 0 saturated carbocycles. The maximum absolute atomic E-state index is 5.51. The molecule has 0 fully saturated rings. The molecule has 0 spiro atoms. The van der Waals surface area contributed by atoms with Crippen molar-refractivity contribution in [2.45, 2.75) is 46.1 Å². The average Bonchev–Trinajstić information content (AvgIpc) is 2.54. The second-order valence-electron chi connectivity index (χ2n) is 7.15. The van der Waals surface area contributed by atoms with Crippen LogP contribution in [0.25, 0.3) is 0 Å². The van der Waals surface area contributed by atoms with E-state index in [2.05, 4.69) is 62.6 Å². The molecule has 134 valence electrons. The van der Waals surface area contributed by atoms with E-state index in [0.717, 1.165) is 11.4 Å². The smallest absolute Gasteiger partial charge is 0.171 e. The molecule has 2 aromatic rings. The lowest BCUT2D eigenvalue weighted by molar-refractivity contribution is 0.340. The van der Waals surface area contributed by atoms with Crippen molar-refractivity contribution in [2.24, 2.45) is 0 Å². The lowest BCUT2D eigenvalue weighted by Crippen LogP contribution is -2.30. The molecule has 2 rings (SSSR count). The average molecular weight is 357 g/mol. The van der Waals surface area contributed by atoms with Crippen LogP contribution in [-0.2, 0) is 5.41 Å². The van der Waals surface area contributed by atoms with Crippen LogP contribution >= 0.6 is 12.2 Å². The molecular formula is C21H28N2OS. The predicted molar refractivity (Wildman–Crippen MR) is 111 cm³/mol. The van der Waals surface area contributed by atoms with E-state index in [1.54, 1.807) is 0 Å². The van der Waals surface area contributed by atoms with Gasteiger partial charge in [0, 0.05) is 11.8 Å². The van der Waals surface area contributed by atoms with Crippen LogP contribution in [0.4, 0.5) is 5.69 Å². The highest BCUT2D eigenvalue weighted by atomic mass is 32.1. The SMILES string of the molecule is CCOc1cccc(NC(=S)NC(C)c2ccc(C(C)(C)C)cc2)c1. The first kappa shape index (κ1) is 19.3. The Bertz CT molecular complexity index is 705. The summed E-state index contributed by atoms with van der Waals surface area (Å²) in [6, 6.07) is 16.6. The number of anilines is 1. The molecule has 2 N–H and O–H groups in total. The number of ether oxygens (including phenoxy) is 1. The minimum Gasteiger partial charge on any atom is -0.494 e. The Balaban J connectivity index is 1.97. The highest BCUT2D eigenvalue weighted by molar-refractivity contribution is 7.80. The largest absolute Gasteiger partial charge is 0.494 e. The van der Waals surface area contributed by atoms with Crippen LogP contribution in [0.3, 0.4) is 0 Å². The van der Waals surface area contributed by atoms with Gasteiger partial charge in [0.25, 0.3) is 0 Å². The van der Waals surface area contributed by atoms with E-state index in [-0.39, 0.29) is 11.5 Å². The second kappa shape index (κ2) is 8.34. The summed E-state index contributed by atoms with van der Waals surface area (Å²) in [5.41, 5.74) is 3.62. The van der Waals surface area contributed by atoms with Crippen molar-refractivity contribution in [1.82, 2.24) is 5.32 Å². The molecule has 0 bridgehead atoms. The lowest BCUT2D eigenvalue weighted by Gasteiger charge is -2.21. The monoisotopic (exact) mass is 356 g/mol. The van der Waals surface area contributed by atoms with E-state index < -0.39 is 0 Å².